The fraction of sp³-hybridized carbons (Fsp3) is 0.467. The van der Waals surface area contributed by atoms with E-state index in [-0.39, 0.29) is 10.8 Å². The zero-order valence-corrected chi connectivity index (χ0v) is 14.0. The van der Waals surface area contributed by atoms with E-state index in [1.54, 1.807) is 22.9 Å². The van der Waals surface area contributed by atoms with Gasteiger partial charge in [0.25, 0.3) is 0 Å². The number of nitrogens with one attached hydrogen (secondary N) is 1. The third kappa shape index (κ3) is 3.60. The van der Waals surface area contributed by atoms with Gasteiger partial charge in [-0.15, -0.1) is 5.10 Å². The number of fused-ring (bicyclic) bond motifs is 1. The Morgan fingerprint density at radius 1 is 1.39 bits per heavy atom. The monoisotopic (exact) mass is 336 g/mol. The average molecular weight is 336 g/mol. The van der Waals surface area contributed by atoms with Gasteiger partial charge in [0, 0.05) is 19.0 Å². The van der Waals surface area contributed by atoms with E-state index in [0.717, 1.165) is 17.0 Å². The van der Waals surface area contributed by atoms with E-state index in [0.29, 0.717) is 26.3 Å². The maximum absolute atomic E-state index is 12.4. The second-order valence-corrected chi connectivity index (χ2v) is 7.62. The molecule has 1 N–H and O–H groups in total. The molecular weight excluding hydrogens is 316 g/mol. The molecule has 0 saturated carbocycles. The summed E-state index contributed by atoms with van der Waals surface area (Å²) in [6, 6.07) is 6.86. The van der Waals surface area contributed by atoms with Gasteiger partial charge in [0.2, 0.25) is 10.0 Å². The first-order chi connectivity index (χ1) is 11.0. The van der Waals surface area contributed by atoms with Crippen molar-refractivity contribution in [2.75, 3.05) is 13.2 Å². The summed E-state index contributed by atoms with van der Waals surface area (Å²) in [7, 11) is -3.52. The topological polar surface area (TPSA) is 86.1 Å². The van der Waals surface area contributed by atoms with Gasteiger partial charge in [0.15, 0.2) is 0 Å². The summed E-state index contributed by atoms with van der Waals surface area (Å²) in [5.74, 6) is 0.0111. The summed E-state index contributed by atoms with van der Waals surface area (Å²) in [5, 5.41) is 8.13. The van der Waals surface area contributed by atoms with Crippen LogP contribution in [0, 0.1) is 19.8 Å². The summed E-state index contributed by atoms with van der Waals surface area (Å²) in [6.07, 6.45) is 0. The normalized spacial score (nSPS) is 18.4. The van der Waals surface area contributed by atoms with Gasteiger partial charge in [0.1, 0.15) is 0 Å². The minimum absolute atomic E-state index is 0.0111. The first-order valence-corrected chi connectivity index (χ1v) is 8.97. The van der Waals surface area contributed by atoms with E-state index in [4.69, 9.17) is 4.74 Å². The predicted octanol–water partition coefficient (Wildman–Crippen LogP) is 1.02. The molecule has 3 rings (SSSR count). The van der Waals surface area contributed by atoms with Crippen molar-refractivity contribution in [2.24, 2.45) is 5.92 Å². The van der Waals surface area contributed by atoms with E-state index in [9.17, 15) is 8.42 Å². The second kappa shape index (κ2) is 6.38. The van der Waals surface area contributed by atoms with Crippen molar-refractivity contribution in [3.8, 4) is 0 Å². The number of nitrogens with zero attached hydrogens (tertiary/aromatic N) is 3. The Morgan fingerprint density at radius 3 is 3.00 bits per heavy atom. The van der Waals surface area contributed by atoms with Crippen LogP contribution in [-0.4, -0.2) is 36.6 Å². The molecule has 1 atom stereocenters. The lowest BCUT2D eigenvalue weighted by molar-refractivity contribution is 0.0954. The minimum atomic E-state index is -3.52. The summed E-state index contributed by atoms with van der Waals surface area (Å²) in [6.45, 7) is 5.59. The molecule has 8 heteroatoms. The standard InChI is InChI=1S/C15H20N4O3S/c1-11-4-3-5-14(6-11)23(20,21)16-7-13-8-19-15(10-22-9-13)12(2)17-18-19/h3-6,13,16H,7-10H2,1-2H3. The lowest BCUT2D eigenvalue weighted by atomic mass is 10.1. The summed E-state index contributed by atoms with van der Waals surface area (Å²) in [5.41, 5.74) is 2.72. The Morgan fingerprint density at radius 2 is 2.22 bits per heavy atom. The first-order valence-electron chi connectivity index (χ1n) is 7.49. The van der Waals surface area contributed by atoms with E-state index < -0.39 is 10.0 Å². The van der Waals surface area contributed by atoms with Crippen molar-refractivity contribution >= 4 is 10.0 Å². The predicted molar refractivity (Wildman–Crippen MR) is 84.3 cm³/mol. The van der Waals surface area contributed by atoms with Crippen LogP contribution in [0.1, 0.15) is 17.0 Å². The van der Waals surface area contributed by atoms with E-state index in [2.05, 4.69) is 15.0 Å². The number of sulfonamides is 1. The third-order valence-electron chi connectivity index (χ3n) is 3.92. The maximum Gasteiger partial charge on any atom is 0.240 e. The molecule has 0 aliphatic carbocycles. The lowest BCUT2D eigenvalue weighted by Crippen LogP contribution is -2.33. The zero-order chi connectivity index (χ0) is 16.4. The van der Waals surface area contributed by atoms with Crippen LogP contribution in [0.2, 0.25) is 0 Å². The van der Waals surface area contributed by atoms with Crippen molar-refractivity contribution in [1.82, 2.24) is 19.7 Å². The fourth-order valence-corrected chi connectivity index (χ4v) is 3.80. The molecule has 0 spiro atoms. The SMILES string of the molecule is Cc1cccc(S(=O)(=O)NCC2COCc3c(C)nnn3C2)c1. The Labute approximate surface area is 135 Å². The highest BCUT2D eigenvalue weighted by molar-refractivity contribution is 7.89. The lowest BCUT2D eigenvalue weighted by Gasteiger charge is -2.15. The van der Waals surface area contributed by atoms with Crippen LogP contribution in [0.25, 0.3) is 0 Å². The molecular formula is C15H20N4O3S. The number of hydrogen-bond donors (Lipinski definition) is 1. The number of ether oxygens (including phenoxy) is 1. The maximum atomic E-state index is 12.4. The highest BCUT2D eigenvalue weighted by atomic mass is 32.2. The molecule has 0 fully saturated rings. The second-order valence-electron chi connectivity index (χ2n) is 5.85. The van der Waals surface area contributed by atoms with Crippen molar-refractivity contribution in [3.05, 3.63) is 41.2 Å². The number of aryl methyl sites for hydroxylation is 2. The molecule has 2 heterocycles. The van der Waals surface area contributed by atoms with E-state index in [1.807, 2.05) is 19.9 Å². The Balaban J connectivity index is 1.68. The number of hydrogen-bond acceptors (Lipinski definition) is 5. The summed E-state index contributed by atoms with van der Waals surface area (Å²) >= 11 is 0. The van der Waals surface area contributed by atoms with E-state index in [1.165, 1.54) is 0 Å². The molecule has 1 aromatic carbocycles. The molecule has 0 saturated heterocycles. The largest absolute Gasteiger partial charge is 0.375 e. The molecule has 1 aliphatic heterocycles. The van der Waals surface area contributed by atoms with Gasteiger partial charge in [-0.05, 0) is 31.5 Å². The molecule has 1 aromatic heterocycles. The minimum Gasteiger partial charge on any atom is -0.375 e. The molecule has 0 bridgehead atoms. The van der Waals surface area contributed by atoms with Gasteiger partial charge >= 0.3 is 0 Å². The molecule has 0 amide bonds. The van der Waals surface area contributed by atoms with Gasteiger partial charge < -0.3 is 4.74 Å². The smallest absolute Gasteiger partial charge is 0.240 e. The molecule has 23 heavy (non-hydrogen) atoms. The molecule has 1 unspecified atom stereocenters. The van der Waals surface area contributed by atoms with Crippen molar-refractivity contribution in [1.29, 1.82) is 0 Å². The van der Waals surface area contributed by atoms with Crippen LogP contribution in [0.3, 0.4) is 0 Å². The molecule has 0 radical (unpaired) electrons. The molecule has 7 nitrogen and oxygen atoms in total. The number of aromatic nitrogens is 3. The number of benzene rings is 1. The first kappa shape index (κ1) is 16.1. The Bertz CT molecular complexity index is 801. The van der Waals surface area contributed by atoms with Crippen LogP contribution in [-0.2, 0) is 27.9 Å². The zero-order valence-electron chi connectivity index (χ0n) is 13.2. The fourth-order valence-electron chi connectivity index (χ4n) is 2.58. The average Bonchev–Trinajstić information content (AvgIpc) is 2.73. The van der Waals surface area contributed by atoms with E-state index >= 15 is 0 Å². The van der Waals surface area contributed by atoms with Crippen LogP contribution >= 0.6 is 0 Å². The van der Waals surface area contributed by atoms with Gasteiger partial charge in [-0.3, -0.25) is 0 Å². The van der Waals surface area contributed by atoms with Gasteiger partial charge in [-0.1, -0.05) is 17.3 Å². The van der Waals surface area contributed by atoms with Crippen LogP contribution in [0.15, 0.2) is 29.2 Å². The third-order valence-corrected chi connectivity index (χ3v) is 5.34. The van der Waals surface area contributed by atoms with Crippen LogP contribution in [0.4, 0.5) is 0 Å². The van der Waals surface area contributed by atoms with Gasteiger partial charge in [0.05, 0.1) is 29.5 Å². The summed E-state index contributed by atoms with van der Waals surface area (Å²) in [4.78, 5) is 0.282. The molecule has 2 aromatic rings. The summed E-state index contributed by atoms with van der Waals surface area (Å²) < 4.78 is 34.8. The highest BCUT2D eigenvalue weighted by Crippen LogP contribution is 2.16. The molecule has 1 aliphatic rings. The van der Waals surface area contributed by atoms with Crippen molar-refractivity contribution in [3.63, 3.8) is 0 Å². The Hall–Kier alpha value is -1.77. The van der Waals surface area contributed by atoms with Crippen molar-refractivity contribution < 1.29 is 13.2 Å². The number of rotatable bonds is 4. The van der Waals surface area contributed by atoms with Crippen LogP contribution < -0.4 is 4.72 Å². The molecule has 124 valence electrons. The highest BCUT2D eigenvalue weighted by Gasteiger charge is 2.22. The van der Waals surface area contributed by atoms with Gasteiger partial charge in [-0.2, -0.15) is 0 Å². The van der Waals surface area contributed by atoms with Gasteiger partial charge in [-0.25, -0.2) is 17.8 Å². The van der Waals surface area contributed by atoms with Crippen molar-refractivity contribution in [2.45, 2.75) is 31.9 Å². The quantitative estimate of drug-likeness (QED) is 0.901. The Kier molecular flexibility index (Phi) is 4.47. The van der Waals surface area contributed by atoms with Crippen LogP contribution in [0.5, 0.6) is 0 Å².